The fourth-order valence-electron chi connectivity index (χ4n) is 6.04. The van der Waals surface area contributed by atoms with Gasteiger partial charge in [0.15, 0.2) is 0 Å². The molecular weight excluding hydrogens is 514 g/mol. The maximum atomic E-state index is 13.3. The molecule has 1 aromatic heterocycles. The van der Waals surface area contributed by atoms with Crippen molar-refractivity contribution < 1.29 is 19.5 Å². The van der Waals surface area contributed by atoms with E-state index in [-0.39, 0.29) is 29.2 Å². The van der Waals surface area contributed by atoms with Crippen molar-refractivity contribution in [1.82, 2.24) is 15.2 Å². The number of rotatable bonds is 7. The van der Waals surface area contributed by atoms with Gasteiger partial charge in [0.25, 0.3) is 5.91 Å². The molecule has 0 radical (unpaired) electrons. The smallest absolute Gasteiger partial charge is 0.335 e. The summed E-state index contributed by atoms with van der Waals surface area (Å²) < 4.78 is 0. The van der Waals surface area contributed by atoms with Gasteiger partial charge in [-0.05, 0) is 82.8 Å². The van der Waals surface area contributed by atoms with Crippen LogP contribution in [0.4, 0.5) is 0 Å². The van der Waals surface area contributed by atoms with Crippen LogP contribution in [0.1, 0.15) is 60.9 Å². The van der Waals surface area contributed by atoms with Crippen LogP contribution in [0.2, 0.25) is 0 Å². The molecule has 3 aromatic carbocycles. The van der Waals surface area contributed by atoms with Crippen LogP contribution >= 0.6 is 0 Å². The molecule has 4 aromatic rings. The Kier molecular flexibility index (Phi) is 7.10. The quantitative estimate of drug-likeness (QED) is 0.325. The minimum atomic E-state index is -0.958. The van der Waals surface area contributed by atoms with E-state index >= 15 is 0 Å². The zero-order valence-electron chi connectivity index (χ0n) is 22.8. The van der Waals surface area contributed by atoms with Gasteiger partial charge in [-0.15, -0.1) is 0 Å². The minimum absolute atomic E-state index is 0.0290. The van der Waals surface area contributed by atoms with E-state index in [0.717, 1.165) is 34.2 Å². The van der Waals surface area contributed by atoms with E-state index in [1.165, 1.54) is 5.56 Å². The number of pyridine rings is 1. The summed E-state index contributed by atoms with van der Waals surface area (Å²) >= 11 is 0. The van der Waals surface area contributed by atoms with Crippen LogP contribution in [0.15, 0.2) is 85.2 Å². The molecule has 1 saturated carbocycles. The molecule has 6 rings (SSSR count). The summed E-state index contributed by atoms with van der Waals surface area (Å²) in [4.78, 5) is 44.1. The van der Waals surface area contributed by atoms with Crippen molar-refractivity contribution in [2.24, 2.45) is 5.92 Å². The maximum absolute atomic E-state index is 13.3. The van der Waals surface area contributed by atoms with Gasteiger partial charge >= 0.3 is 5.97 Å². The van der Waals surface area contributed by atoms with E-state index in [0.29, 0.717) is 37.2 Å². The van der Waals surface area contributed by atoms with E-state index in [9.17, 15) is 19.5 Å². The molecule has 2 amide bonds. The highest BCUT2D eigenvalue weighted by Crippen LogP contribution is 2.47. The highest BCUT2D eigenvalue weighted by molar-refractivity contribution is 5.95. The summed E-state index contributed by atoms with van der Waals surface area (Å²) in [5.74, 6) is -0.752. The number of carboxylic acids is 1. The molecule has 1 fully saturated rings. The zero-order valence-corrected chi connectivity index (χ0v) is 22.8. The summed E-state index contributed by atoms with van der Waals surface area (Å²) in [7, 11) is 0. The summed E-state index contributed by atoms with van der Waals surface area (Å²) in [5, 5.41) is 12.9. The van der Waals surface area contributed by atoms with Gasteiger partial charge in [0.1, 0.15) is 0 Å². The van der Waals surface area contributed by atoms with Gasteiger partial charge in [-0.3, -0.25) is 14.6 Å². The normalized spacial score (nSPS) is 17.4. The zero-order chi connectivity index (χ0) is 28.5. The predicted octanol–water partition coefficient (Wildman–Crippen LogP) is 5.37. The Balaban J connectivity index is 1.30. The van der Waals surface area contributed by atoms with Crippen molar-refractivity contribution in [1.29, 1.82) is 0 Å². The average molecular weight is 546 g/mol. The lowest BCUT2D eigenvalue weighted by molar-refractivity contribution is -0.122. The summed E-state index contributed by atoms with van der Waals surface area (Å²) in [6, 6.07) is 22.9. The third-order valence-electron chi connectivity index (χ3n) is 8.39. The number of hydrogen-bond acceptors (Lipinski definition) is 4. The van der Waals surface area contributed by atoms with Gasteiger partial charge in [-0.1, -0.05) is 54.6 Å². The Hall–Kier alpha value is -4.78. The molecule has 0 spiro atoms. The number of carbonyl (C=O) groups is 3. The van der Waals surface area contributed by atoms with E-state index < -0.39 is 5.97 Å². The monoisotopic (exact) mass is 545 g/mol. The second-order valence-electron chi connectivity index (χ2n) is 10.8. The van der Waals surface area contributed by atoms with Crippen molar-refractivity contribution in [3.05, 3.63) is 124 Å². The lowest BCUT2D eigenvalue weighted by atomic mass is 9.85. The average Bonchev–Trinajstić information content (AvgIpc) is 3.81. The Morgan fingerprint density at radius 1 is 0.927 bits per heavy atom. The molecule has 7 nitrogen and oxygen atoms in total. The van der Waals surface area contributed by atoms with E-state index in [1.54, 1.807) is 36.7 Å². The number of fused-ring (bicyclic) bond motifs is 1. The van der Waals surface area contributed by atoms with Crippen LogP contribution in [0.25, 0.3) is 11.1 Å². The number of carbonyl (C=O) groups excluding carboxylic acids is 2. The topological polar surface area (TPSA) is 99.6 Å². The SMILES string of the molecule is Cc1c(C(=O)O)cccc1-c1ccc(CNC(=O)C2CC2c2ccccc2)c2c1CCN(C(=O)c1ccncc1)C2. The Morgan fingerprint density at radius 2 is 1.71 bits per heavy atom. The largest absolute Gasteiger partial charge is 0.478 e. The lowest BCUT2D eigenvalue weighted by Crippen LogP contribution is -2.37. The Morgan fingerprint density at radius 3 is 2.46 bits per heavy atom. The first kappa shape index (κ1) is 26.4. The summed E-state index contributed by atoms with van der Waals surface area (Å²) in [5.41, 5.74) is 7.66. The second kappa shape index (κ2) is 11.0. The minimum Gasteiger partial charge on any atom is -0.478 e. The van der Waals surface area contributed by atoms with Crippen molar-refractivity contribution in [3.8, 4) is 11.1 Å². The molecule has 1 aliphatic carbocycles. The molecule has 2 atom stereocenters. The molecule has 0 saturated heterocycles. The first-order chi connectivity index (χ1) is 19.9. The number of benzene rings is 3. The van der Waals surface area contributed by atoms with E-state index in [1.807, 2.05) is 48.2 Å². The number of nitrogens with one attached hydrogen (secondary N) is 1. The number of carboxylic acid groups (broad SMARTS) is 1. The first-order valence-electron chi connectivity index (χ1n) is 13.9. The van der Waals surface area contributed by atoms with E-state index in [2.05, 4.69) is 22.4 Å². The highest BCUT2D eigenvalue weighted by atomic mass is 16.4. The number of nitrogens with zero attached hydrogens (tertiary/aromatic N) is 2. The highest BCUT2D eigenvalue weighted by Gasteiger charge is 2.43. The standard InChI is InChI=1S/C34H31N3O4/c1-21-25(8-5-9-26(21)34(40)41)27-11-10-24(19-36-32(38)30-18-29(30)22-6-3-2-4-7-22)31-20-37(17-14-28(27)31)33(39)23-12-15-35-16-13-23/h2-13,15-16,29-30H,14,17-20H2,1H3,(H,36,38)(H,40,41). The number of hydrogen-bond donors (Lipinski definition) is 2. The molecule has 206 valence electrons. The van der Waals surface area contributed by atoms with Crippen LogP contribution in [0, 0.1) is 12.8 Å². The molecule has 2 heterocycles. The van der Waals surface area contributed by atoms with Gasteiger partial charge in [0.2, 0.25) is 5.91 Å². The fraction of sp³-hybridized carbons (Fsp3) is 0.235. The molecular formula is C34H31N3O4. The molecule has 41 heavy (non-hydrogen) atoms. The molecule has 0 bridgehead atoms. The molecule has 7 heteroatoms. The van der Waals surface area contributed by atoms with Crippen molar-refractivity contribution in [2.75, 3.05) is 6.54 Å². The Labute approximate surface area is 238 Å². The molecule has 2 unspecified atom stereocenters. The third-order valence-corrected chi connectivity index (χ3v) is 8.39. The lowest BCUT2D eigenvalue weighted by Gasteiger charge is -2.32. The molecule has 1 aliphatic heterocycles. The van der Waals surface area contributed by atoms with Crippen LogP contribution in [0.5, 0.6) is 0 Å². The van der Waals surface area contributed by atoms with Crippen LogP contribution in [-0.4, -0.2) is 39.3 Å². The second-order valence-corrected chi connectivity index (χ2v) is 10.8. The van der Waals surface area contributed by atoms with Crippen LogP contribution in [0.3, 0.4) is 0 Å². The third kappa shape index (κ3) is 5.23. The fourth-order valence-corrected chi connectivity index (χ4v) is 6.04. The summed E-state index contributed by atoms with van der Waals surface area (Å²) in [6.07, 6.45) is 4.70. The Bertz CT molecular complexity index is 1640. The number of aromatic carboxylic acids is 1. The van der Waals surface area contributed by atoms with Crippen LogP contribution < -0.4 is 5.32 Å². The van der Waals surface area contributed by atoms with Gasteiger partial charge < -0.3 is 15.3 Å². The first-order valence-corrected chi connectivity index (χ1v) is 13.9. The van der Waals surface area contributed by atoms with Gasteiger partial charge in [-0.25, -0.2) is 4.79 Å². The molecule has 2 N–H and O–H groups in total. The van der Waals surface area contributed by atoms with Gasteiger partial charge in [0, 0.05) is 43.5 Å². The van der Waals surface area contributed by atoms with Crippen molar-refractivity contribution >= 4 is 17.8 Å². The van der Waals surface area contributed by atoms with Crippen molar-refractivity contribution in [3.63, 3.8) is 0 Å². The number of amides is 2. The van der Waals surface area contributed by atoms with Gasteiger partial charge in [-0.2, -0.15) is 0 Å². The van der Waals surface area contributed by atoms with E-state index in [4.69, 9.17) is 0 Å². The molecule has 2 aliphatic rings. The van der Waals surface area contributed by atoms with Crippen molar-refractivity contribution in [2.45, 2.75) is 38.8 Å². The predicted molar refractivity (Wildman–Crippen MR) is 155 cm³/mol. The number of aromatic nitrogens is 1. The summed E-state index contributed by atoms with van der Waals surface area (Å²) in [6.45, 7) is 3.14. The van der Waals surface area contributed by atoms with Crippen LogP contribution in [-0.2, 0) is 24.3 Å². The maximum Gasteiger partial charge on any atom is 0.335 e. The van der Waals surface area contributed by atoms with Gasteiger partial charge in [0.05, 0.1) is 5.56 Å².